The van der Waals surface area contributed by atoms with Gasteiger partial charge in [0, 0.05) is 0 Å². The number of hydrogen-bond acceptors (Lipinski definition) is 2. The SMILES string of the molecule is CC1C=CC2=C(C#N)C=C[C@@]3(C#N)C2=C1CC3(C)C. The summed E-state index contributed by atoms with van der Waals surface area (Å²) in [5.74, 6) is 0.361. The van der Waals surface area contributed by atoms with Crippen LogP contribution in [-0.4, -0.2) is 0 Å². The van der Waals surface area contributed by atoms with Gasteiger partial charge in [-0.15, -0.1) is 0 Å². The smallest absolute Gasteiger partial charge is 0.107 e. The first kappa shape index (κ1) is 12.0. The first-order chi connectivity index (χ1) is 8.97. The Labute approximate surface area is 114 Å². The highest BCUT2D eigenvalue weighted by Gasteiger charge is 2.55. The van der Waals surface area contributed by atoms with Crippen LogP contribution in [0.1, 0.15) is 27.2 Å². The average Bonchev–Trinajstić information content (AvgIpc) is 2.64. The fourth-order valence-corrected chi connectivity index (χ4v) is 3.68. The van der Waals surface area contributed by atoms with Crippen molar-refractivity contribution < 1.29 is 0 Å². The van der Waals surface area contributed by atoms with Crippen LogP contribution < -0.4 is 0 Å². The third kappa shape index (κ3) is 1.24. The van der Waals surface area contributed by atoms with Gasteiger partial charge in [0.15, 0.2) is 0 Å². The molecule has 0 amide bonds. The van der Waals surface area contributed by atoms with Crippen molar-refractivity contribution in [2.45, 2.75) is 27.2 Å². The van der Waals surface area contributed by atoms with Crippen LogP contribution in [0, 0.1) is 39.4 Å². The zero-order valence-electron chi connectivity index (χ0n) is 11.5. The second-order valence-electron chi connectivity index (χ2n) is 6.30. The Kier molecular flexibility index (Phi) is 2.20. The zero-order chi connectivity index (χ0) is 13.8. The number of nitrogens with zero attached hydrogens (tertiary/aromatic N) is 2. The van der Waals surface area contributed by atoms with Crippen LogP contribution >= 0.6 is 0 Å². The summed E-state index contributed by atoms with van der Waals surface area (Å²) in [4.78, 5) is 0. The number of rotatable bonds is 0. The van der Waals surface area contributed by atoms with Gasteiger partial charge in [0.05, 0.1) is 17.7 Å². The monoisotopic (exact) mass is 248 g/mol. The largest absolute Gasteiger partial charge is 0.197 e. The van der Waals surface area contributed by atoms with E-state index in [9.17, 15) is 10.5 Å². The maximum atomic E-state index is 9.82. The Morgan fingerprint density at radius 1 is 1.26 bits per heavy atom. The van der Waals surface area contributed by atoms with Gasteiger partial charge in [-0.05, 0) is 35.0 Å². The van der Waals surface area contributed by atoms with Gasteiger partial charge in [-0.2, -0.15) is 10.5 Å². The summed E-state index contributed by atoms with van der Waals surface area (Å²) in [5, 5.41) is 19.1. The van der Waals surface area contributed by atoms with Crippen LogP contribution in [0.2, 0.25) is 0 Å². The van der Waals surface area contributed by atoms with Gasteiger partial charge >= 0.3 is 0 Å². The molecule has 0 saturated heterocycles. The molecule has 3 rings (SSSR count). The molecule has 0 spiro atoms. The van der Waals surface area contributed by atoms with Gasteiger partial charge in [-0.1, -0.05) is 44.6 Å². The molecular formula is C17H16N2. The van der Waals surface area contributed by atoms with Gasteiger partial charge in [-0.3, -0.25) is 0 Å². The van der Waals surface area contributed by atoms with Gasteiger partial charge in [0.25, 0.3) is 0 Å². The molecule has 2 heteroatoms. The lowest BCUT2D eigenvalue weighted by molar-refractivity contribution is 0.251. The van der Waals surface area contributed by atoms with E-state index in [0.717, 1.165) is 17.6 Å². The van der Waals surface area contributed by atoms with E-state index in [2.05, 4.69) is 39.0 Å². The van der Waals surface area contributed by atoms with Crippen LogP contribution in [0.3, 0.4) is 0 Å². The van der Waals surface area contributed by atoms with Crippen LogP contribution in [-0.2, 0) is 0 Å². The highest BCUT2D eigenvalue weighted by molar-refractivity contribution is 5.68. The fourth-order valence-electron chi connectivity index (χ4n) is 3.68. The molecule has 1 unspecified atom stereocenters. The summed E-state index contributed by atoms with van der Waals surface area (Å²) >= 11 is 0. The number of nitriles is 2. The second-order valence-corrected chi connectivity index (χ2v) is 6.30. The summed E-state index contributed by atoms with van der Waals surface area (Å²) in [5.41, 5.74) is 3.39. The zero-order valence-corrected chi connectivity index (χ0v) is 11.5. The molecule has 94 valence electrons. The third-order valence-electron chi connectivity index (χ3n) is 4.87. The first-order valence-electron chi connectivity index (χ1n) is 6.64. The molecule has 0 saturated carbocycles. The Morgan fingerprint density at radius 2 is 2.00 bits per heavy atom. The van der Waals surface area contributed by atoms with E-state index in [0.29, 0.717) is 11.5 Å². The van der Waals surface area contributed by atoms with Crippen molar-refractivity contribution in [1.82, 2.24) is 0 Å². The van der Waals surface area contributed by atoms with Crippen LogP contribution in [0.25, 0.3) is 0 Å². The molecule has 3 aliphatic rings. The van der Waals surface area contributed by atoms with Crippen molar-refractivity contribution in [2.24, 2.45) is 16.7 Å². The van der Waals surface area contributed by atoms with E-state index in [1.54, 1.807) is 0 Å². The van der Waals surface area contributed by atoms with E-state index >= 15 is 0 Å². The molecule has 0 aliphatic heterocycles. The van der Waals surface area contributed by atoms with E-state index in [1.165, 1.54) is 5.57 Å². The summed E-state index contributed by atoms with van der Waals surface area (Å²) in [7, 11) is 0. The van der Waals surface area contributed by atoms with Crippen molar-refractivity contribution >= 4 is 0 Å². The van der Waals surface area contributed by atoms with Crippen molar-refractivity contribution in [3.05, 3.63) is 46.6 Å². The van der Waals surface area contributed by atoms with E-state index in [1.807, 2.05) is 18.2 Å². The topological polar surface area (TPSA) is 47.6 Å². The van der Waals surface area contributed by atoms with Crippen LogP contribution in [0.15, 0.2) is 46.6 Å². The minimum Gasteiger partial charge on any atom is -0.197 e. The molecule has 0 heterocycles. The molecular weight excluding hydrogens is 232 g/mol. The maximum absolute atomic E-state index is 9.82. The van der Waals surface area contributed by atoms with Crippen LogP contribution in [0.5, 0.6) is 0 Å². The minimum atomic E-state index is -0.572. The van der Waals surface area contributed by atoms with Gasteiger partial charge in [0.2, 0.25) is 0 Å². The molecule has 0 aromatic carbocycles. The minimum absolute atomic E-state index is 0.116. The second kappa shape index (κ2) is 3.49. The molecule has 0 radical (unpaired) electrons. The van der Waals surface area contributed by atoms with Crippen molar-refractivity contribution in [3.63, 3.8) is 0 Å². The molecule has 19 heavy (non-hydrogen) atoms. The quantitative estimate of drug-likeness (QED) is 0.654. The molecule has 0 bridgehead atoms. The predicted molar refractivity (Wildman–Crippen MR) is 73.6 cm³/mol. The first-order valence-corrected chi connectivity index (χ1v) is 6.64. The predicted octanol–water partition coefficient (Wildman–Crippen LogP) is 3.82. The molecule has 3 aliphatic carbocycles. The Balaban J connectivity index is 2.36. The van der Waals surface area contributed by atoms with Gasteiger partial charge < -0.3 is 0 Å². The molecule has 0 aromatic rings. The summed E-state index contributed by atoms with van der Waals surface area (Å²) < 4.78 is 0. The van der Waals surface area contributed by atoms with E-state index in [-0.39, 0.29) is 5.41 Å². The lowest BCUT2D eigenvalue weighted by Gasteiger charge is -2.38. The van der Waals surface area contributed by atoms with Crippen molar-refractivity contribution in [3.8, 4) is 12.1 Å². The Bertz CT molecular complexity index is 671. The molecule has 0 N–H and O–H groups in total. The lowest BCUT2D eigenvalue weighted by Crippen LogP contribution is -2.34. The summed E-state index contributed by atoms with van der Waals surface area (Å²) in [6.45, 7) is 6.48. The number of hydrogen-bond donors (Lipinski definition) is 0. The van der Waals surface area contributed by atoms with Crippen molar-refractivity contribution in [2.75, 3.05) is 0 Å². The molecule has 0 aromatic heterocycles. The lowest BCUT2D eigenvalue weighted by atomic mass is 9.62. The van der Waals surface area contributed by atoms with E-state index < -0.39 is 5.41 Å². The molecule has 0 fully saturated rings. The third-order valence-corrected chi connectivity index (χ3v) is 4.87. The summed E-state index contributed by atoms with van der Waals surface area (Å²) in [6, 6.07) is 4.79. The normalized spacial score (nSPS) is 34.1. The molecule has 2 nitrogen and oxygen atoms in total. The van der Waals surface area contributed by atoms with Gasteiger partial charge in [-0.25, -0.2) is 0 Å². The van der Waals surface area contributed by atoms with Crippen LogP contribution in [0.4, 0.5) is 0 Å². The number of allylic oxidation sites excluding steroid dienone is 8. The van der Waals surface area contributed by atoms with E-state index in [4.69, 9.17) is 0 Å². The Morgan fingerprint density at radius 3 is 2.63 bits per heavy atom. The average molecular weight is 248 g/mol. The highest BCUT2D eigenvalue weighted by Crippen LogP contribution is 2.62. The highest BCUT2D eigenvalue weighted by atomic mass is 14.6. The maximum Gasteiger partial charge on any atom is 0.107 e. The summed E-state index contributed by atoms with van der Waals surface area (Å²) in [6.07, 6.45) is 8.87. The van der Waals surface area contributed by atoms with Gasteiger partial charge in [0.1, 0.15) is 5.41 Å². The fraction of sp³-hybridized carbons (Fsp3) is 0.412. The molecule has 2 atom stereocenters. The Hall–Kier alpha value is -2.06. The standard InChI is InChI=1S/C17H16N2/c1-11-4-5-13-12(9-18)6-7-17(10-19)15(13)14(11)8-16(17,2)3/h4-7,11H,8H2,1-3H3/t11?,17-/m1/s1. The van der Waals surface area contributed by atoms with Crippen molar-refractivity contribution in [1.29, 1.82) is 10.5 Å².